The van der Waals surface area contributed by atoms with Crippen LogP contribution in [0.2, 0.25) is 0 Å². The Kier molecular flexibility index (Phi) is 5.32. The lowest BCUT2D eigenvalue weighted by atomic mass is 9.98. The molecule has 1 amide bonds. The van der Waals surface area contributed by atoms with Crippen molar-refractivity contribution in [2.24, 2.45) is 0 Å². The molecule has 1 aromatic heterocycles. The lowest BCUT2D eigenvalue weighted by molar-refractivity contribution is -0.118. The molecule has 0 aliphatic carbocycles. The average Bonchev–Trinajstić information content (AvgIpc) is 3.01. The zero-order valence-electron chi connectivity index (χ0n) is 14.8. The maximum atomic E-state index is 13.5. The van der Waals surface area contributed by atoms with Gasteiger partial charge in [-0.05, 0) is 44.0 Å². The van der Waals surface area contributed by atoms with Crippen LogP contribution in [0.1, 0.15) is 16.7 Å². The van der Waals surface area contributed by atoms with Crippen LogP contribution in [0.25, 0.3) is 11.3 Å². The van der Waals surface area contributed by atoms with Crippen LogP contribution in [0, 0.1) is 26.6 Å². The maximum absolute atomic E-state index is 13.5. The normalized spacial score (nSPS) is 10.6. The minimum absolute atomic E-state index is 0.0494. The van der Waals surface area contributed by atoms with Gasteiger partial charge in [-0.3, -0.25) is 10.1 Å². The Balaban J connectivity index is 1.67. The Morgan fingerprint density at radius 2 is 1.88 bits per heavy atom. The van der Waals surface area contributed by atoms with Gasteiger partial charge in [-0.2, -0.15) is 0 Å². The minimum atomic E-state index is -0.498. The van der Waals surface area contributed by atoms with Crippen LogP contribution in [0.15, 0.2) is 41.8 Å². The van der Waals surface area contributed by atoms with Crippen LogP contribution in [0.3, 0.4) is 0 Å². The van der Waals surface area contributed by atoms with E-state index in [0.29, 0.717) is 5.13 Å². The highest BCUT2D eigenvalue weighted by atomic mass is 32.1. The number of amides is 1. The fourth-order valence-corrected chi connectivity index (χ4v) is 3.61. The number of benzene rings is 2. The summed E-state index contributed by atoms with van der Waals surface area (Å²) < 4.78 is 18.7. The summed E-state index contributed by atoms with van der Waals surface area (Å²) in [6.07, 6.45) is 0. The van der Waals surface area contributed by atoms with Crippen LogP contribution in [-0.2, 0) is 4.79 Å². The summed E-state index contributed by atoms with van der Waals surface area (Å²) in [6.45, 7) is 5.88. The molecule has 0 bridgehead atoms. The Morgan fingerprint density at radius 1 is 1.19 bits per heavy atom. The minimum Gasteiger partial charge on any atom is -0.481 e. The smallest absolute Gasteiger partial charge is 0.264 e. The van der Waals surface area contributed by atoms with Crippen molar-refractivity contribution < 1.29 is 13.9 Å². The van der Waals surface area contributed by atoms with E-state index in [0.717, 1.165) is 22.4 Å². The van der Waals surface area contributed by atoms with Crippen molar-refractivity contribution in [3.8, 4) is 17.0 Å². The van der Waals surface area contributed by atoms with Gasteiger partial charge in [-0.25, -0.2) is 9.37 Å². The molecule has 26 heavy (non-hydrogen) atoms. The molecular weight excluding hydrogens is 351 g/mol. The lowest BCUT2D eigenvalue weighted by Gasteiger charge is -2.09. The largest absolute Gasteiger partial charge is 0.481 e. The fraction of sp³-hybridized carbons (Fsp3) is 0.200. The Bertz CT molecular complexity index is 929. The van der Waals surface area contributed by atoms with Gasteiger partial charge in [0.2, 0.25) is 0 Å². The number of hydrogen-bond donors (Lipinski definition) is 1. The lowest BCUT2D eigenvalue weighted by Crippen LogP contribution is -2.20. The number of rotatable bonds is 5. The van der Waals surface area contributed by atoms with Crippen LogP contribution in [0.5, 0.6) is 5.75 Å². The molecule has 0 radical (unpaired) electrons. The number of aromatic nitrogens is 1. The van der Waals surface area contributed by atoms with Gasteiger partial charge in [0.25, 0.3) is 5.91 Å². The number of para-hydroxylation sites is 1. The summed E-state index contributed by atoms with van der Waals surface area (Å²) in [5.41, 5.74) is 5.41. The maximum Gasteiger partial charge on any atom is 0.264 e. The molecule has 1 heterocycles. The van der Waals surface area contributed by atoms with Gasteiger partial charge in [0.1, 0.15) is 0 Å². The van der Waals surface area contributed by atoms with Crippen molar-refractivity contribution in [1.82, 2.24) is 4.98 Å². The van der Waals surface area contributed by atoms with Gasteiger partial charge in [0, 0.05) is 10.9 Å². The summed E-state index contributed by atoms with van der Waals surface area (Å²) in [5, 5.41) is 5.10. The number of halogens is 1. The zero-order valence-corrected chi connectivity index (χ0v) is 15.6. The number of thiazole rings is 1. The predicted molar refractivity (Wildman–Crippen MR) is 102 cm³/mol. The van der Waals surface area contributed by atoms with Crippen molar-refractivity contribution >= 4 is 22.4 Å². The molecule has 0 aliphatic rings. The number of anilines is 1. The van der Waals surface area contributed by atoms with Crippen LogP contribution >= 0.6 is 11.3 Å². The highest BCUT2D eigenvalue weighted by Gasteiger charge is 2.13. The summed E-state index contributed by atoms with van der Waals surface area (Å²) in [5.74, 6) is -0.831. The first kappa shape index (κ1) is 18.1. The third-order valence-corrected chi connectivity index (χ3v) is 4.64. The summed E-state index contributed by atoms with van der Waals surface area (Å²) >= 11 is 1.35. The molecule has 0 saturated heterocycles. The third-order valence-electron chi connectivity index (χ3n) is 3.88. The van der Waals surface area contributed by atoms with E-state index in [1.54, 1.807) is 12.1 Å². The van der Waals surface area contributed by atoms with Gasteiger partial charge in [-0.1, -0.05) is 29.8 Å². The summed E-state index contributed by atoms with van der Waals surface area (Å²) in [6, 6.07) is 10.2. The predicted octanol–water partition coefficient (Wildman–Crippen LogP) is 4.89. The number of carbonyl (C=O) groups excluding carboxylic acids is 1. The SMILES string of the molecule is Cc1cc(C)c(-c2csc(NC(=O)COc3ccccc3F)n2)c(C)c1. The van der Waals surface area contributed by atoms with Gasteiger partial charge in [0.05, 0.1) is 5.69 Å². The number of ether oxygens (including phenoxy) is 1. The molecular formula is C20H19FN2O2S. The quantitative estimate of drug-likeness (QED) is 0.695. The molecule has 0 aliphatic heterocycles. The van der Waals surface area contributed by atoms with Gasteiger partial charge >= 0.3 is 0 Å². The van der Waals surface area contributed by atoms with Crippen LogP contribution < -0.4 is 10.1 Å². The molecule has 0 atom stereocenters. The van der Waals surface area contributed by atoms with E-state index in [4.69, 9.17) is 4.74 Å². The molecule has 0 saturated carbocycles. The first-order valence-electron chi connectivity index (χ1n) is 8.15. The Morgan fingerprint density at radius 3 is 2.58 bits per heavy atom. The van der Waals surface area contributed by atoms with Crippen molar-refractivity contribution in [3.05, 3.63) is 64.3 Å². The molecule has 0 spiro atoms. The molecule has 0 fully saturated rings. The van der Waals surface area contributed by atoms with Crippen molar-refractivity contribution in [1.29, 1.82) is 0 Å². The van der Waals surface area contributed by atoms with Crippen molar-refractivity contribution in [3.63, 3.8) is 0 Å². The number of hydrogen-bond acceptors (Lipinski definition) is 4. The fourth-order valence-electron chi connectivity index (χ4n) is 2.89. The van der Waals surface area contributed by atoms with Crippen molar-refractivity contribution in [2.45, 2.75) is 20.8 Å². The molecule has 134 valence electrons. The second-order valence-electron chi connectivity index (χ2n) is 6.08. The van der Waals surface area contributed by atoms with Gasteiger partial charge in [0.15, 0.2) is 23.3 Å². The Hall–Kier alpha value is -2.73. The molecule has 3 rings (SSSR count). The Labute approximate surface area is 155 Å². The third kappa shape index (κ3) is 4.08. The molecule has 6 heteroatoms. The van der Waals surface area contributed by atoms with E-state index in [-0.39, 0.29) is 18.3 Å². The van der Waals surface area contributed by atoms with E-state index < -0.39 is 5.82 Å². The summed E-state index contributed by atoms with van der Waals surface area (Å²) in [4.78, 5) is 16.5. The highest BCUT2D eigenvalue weighted by molar-refractivity contribution is 7.14. The van der Waals surface area contributed by atoms with E-state index >= 15 is 0 Å². The van der Waals surface area contributed by atoms with E-state index in [1.165, 1.54) is 29.0 Å². The van der Waals surface area contributed by atoms with E-state index in [1.807, 2.05) is 5.38 Å². The molecule has 3 aromatic rings. The molecule has 0 unspecified atom stereocenters. The average molecular weight is 370 g/mol. The van der Waals surface area contributed by atoms with Gasteiger partial charge in [-0.15, -0.1) is 11.3 Å². The van der Waals surface area contributed by atoms with E-state index in [9.17, 15) is 9.18 Å². The van der Waals surface area contributed by atoms with Gasteiger partial charge < -0.3 is 4.74 Å². The molecule has 2 aromatic carbocycles. The topological polar surface area (TPSA) is 51.2 Å². The number of nitrogens with one attached hydrogen (secondary N) is 1. The monoisotopic (exact) mass is 370 g/mol. The molecule has 1 N–H and O–H groups in total. The summed E-state index contributed by atoms with van der Waals surface area (Å²) in [7, 11) is 0. The first-order valence-corrected chi connectivity index (χ1v) is 9.03. The van der Waals surface area contributed by atoms with Crippen LogP contribution in [0.4, 0.5) is 9.52 Å². The molecule has 4 nitrogen and oxygen atoms in total. The number of aryl methyl sites for hydroxylation is 3. The number of nitrogens with zero attached hydrogens (tertiary/aromatic N) is 1. The second-order valence-corrected chi connectivity index (χ2v) is 6.94. The van der Waals surface area contributed by atoms with Crippen LogP contribution in [-0.4, -0.2) is 17.5 Å². The van der Waals surface area contributed by atoms with Crippen molar-refractivity contribution in [2.75, 3.05) is 11.9 Å². The standard InChI is InChI=1S/C20H19FN2O2S/c1-12-8-13(2)19(14(3)9-12)16-11-26-20(22-16)23-18(24)10-25-17-7-5-4-6-15(17)21/h4-9,11H,10H2,1-3H3,(H,22,23,24). The second kappa shape index (κ2) is 7.66. The highest BCUT2D eigenvalue weighted by Crippen LogP contribution is 2.31. The first-order chi connectivity index (χ1) is 12.4. The zero-order chi connectivity index (χ0) is 18.7. The van der Waals surface area contributed by atoms with E-state index in [2.05, 4.69) is 43.2 Å². The number of carbonyl (C=O) groups is 1.